The lowest BCUT2D eigenvalue weighted by Crippen LogP contribution is -2.10. The first kappa shape index (κ1) is 10.3. The Morgan fingerprint density at radius 1 is 1.73 bits per heavy atom. The molecule has 0 aromatic rings. The van der Waals surface area contributed by atoms with Crippen molar-refractivity contribution in [2.75, 3.05) is 6.61 Å². The standard InChI is InChI=1S/C8H12ClNO/c1-3-11-7-5-8(2,9)4-6-10/h5,7H,3-4H2,1-2H3/b7-5+. The Hall–Kier alpha value is -0.680. The number of hydrogen-bond donors (Lipinski definition) is 0. The van der Waals surface area contributed by atoms with Gasteiger partial charge in [0.25, 0.3) is 0 Å². The second-order valence-corrected chi connectivity index (χ2v) is 3.23. The summed E-state index contributed by atoms with van der Waals surface area (Å²) in [5.74, 6) is 0. The molecule has 0 saturated carbocycles. The van der Waals surface area contributed by atoms with Crippen molar-refractivity contribution in [2.24, 2.45) is 0 Å². The Kier molecular flexibility index (Phi) is 4.72. The first-order chi connectivity index (χ1) is 5.12. The number of hydrogen-bond acceptors (Lipinski definition) is 2. The Morgan fingerprint density at radius 2 is 2.36 bits per heavy atom. The molecule has 11 heavy (non-hydrogen) atoms. The van der Waals surface area contributed by atoms with Crippen LogP contribution < -0.4 is 0 Å². The molecule has 0 aliphatic heterocycles. The highest BCUT2D eigenvalue weighted by Crippen LogP contribution is 2.19. The molecule has 0 fully saturated rings. The SMILES string of the molecule is CCO/C=C/C(C)(Cl)CC#N. The number of nitrogens with zero attached hydrogens (tertiary/aromatic N) is 1. The van der Waals surface area contributed by atoms with Crippen molar-refractivity contribution < 1.29 is 4.74 Å². The van der Waals surface area contributed by atoms with Gasteiger partial charge < -0.3 is 4.74 Å². The van der Waals surface area contributed by atoms with Gasteiger partial charge in [-0.25, -0.2) is 0 Å². The van der Waals surface area contributed by atoms with E-state index < -0.39 is 4.87 Å². The third kappa shape index (κ3) is 5.75. The van der Waals surface area contributed by atoms with Crippen LogP contribution in [0, 0.1) is 11.3 Å². The topological polar surface area (TPSA) is 33.0 Å². The van der Waals surface area contributed by atoms with E-state index in [4.69, 9.17) is 21.6 Å². The van der Waals surface area contributed by atoms with Crippen LogP contribution in [0.25, 0.3) is 0 Å². The number of halogens is 1. The Balaban J connectivity index is 3.81. The summed E-state index contributed by atoms with van der Waals surface area (Å²) in [6.07, 6.45) is 3.50. The Morgan fingerprint density at radius 3 is 2.82 bits per heavy atom. The molecule has 0 N–H and O–H groups in total. The van der Waals surface area contributed by atoms with Crippen LogP contribution in [-0.4, -0.2) is 11.5 Å². The van der Waals surface area contributed by atoms with Crippen molar-refractivity contribution in [3.05, 3.63) is 12.3 Å². The fraction of sp³-hybridized carbons (Fsp3) is 0.625. The summed E-state index contributed by atoms with van der Waals surface area (Å²) in [5, 5.41) is 8.35. The van der Waals surface area contributed by atoms with E-state index in [0.29, 0.717) is 6.61 Å². The molecule has 0 aromatic carbocycles. The van der Waals surface area contributed by atoms with Crippen LogP contribution in [0.1, 0.15) is 20.3 Å². The Labute approximate surface area is 72.4 Å². The van der Waals surface area contributed by atoms with E-state index in [9.17, 15) is 0 Å². The summed E-state index contributed by atoms with van der Waals surface area (Å²) in [6.45, 7) is 4.28. The van der Waals surface area contributed by atoms with Crippen LogP contribution in [0.3, 0.4) is 0 Å². The van der Waals surface area contributed by atoms with Crippen molar-refractivity contribution >= 4 is 11.6 Å². The fourth-order valence-corrected chi connectivity index (χ4v) is 0.611. The van der Waals surface area contributed by atoms with Crippen molar-refractivity contribution in [1.29, 1.82) is 5.26 Å². The number of rotatable bonds is 4. The van der Waals surface area contributed by atoms with Gasteiger partial charge in [0.2, 0.25) is 0 Å². The molecule has 0 rings (SSSR count). The quantitative estimate of drug-likeness (QED) is 0.483. The van der Waals surface area contributed by atoms with Crippen molar-refractivity contribution in [3.8, 4) is 6.07 Å². The van der Waals surface area contributed by atoms with Crippen LogP contribution in [0.15, 0.2) is 12.3 Å². The van der Waals surface area contributed by atoms with E-state index >= 15 is 0 Å². The largest absolute Gasteiger partial charge is 0.502 e. The number of allylic oxidation sites excluding steroid dienone is 1. The van der Waals surface area contributed by atoms with Gasteiger partial charge in [-0.15, -0.1) is 11.6 Å². The van der Waals surface area contributed by atoms with Gasteiger partial charge in [-0.1, -0.05) is 0 Å². The number of alkyl halides is 1. The Bertz CT molecular complexity index is 169. The second-order valence-electron chi connectivity index (χ2n) is 2.37. The fourth-order valence-electron chi connectivity index (χ4n) is 0.500. The summed E-state index contributed by atoms with van der Waals surface area (Å²) in [7, 11) is 0. The molecule has 0 radical (unpaired) electrons. The molecule has 1 unspecified atom stereocenters. The minimum Gasteiger partial charge on any atom is -0.502 e. The zero-order valence-electron chi connectivity index (χ0n) is 6.80. The molecule has 0 aliphatic carbocycles. The molecule has 3 heteroatoms. The first-order valence-electron chi connectivity index (χ1n) is 3.47. The zero-order valence-corrected chi connectivity index (χ0v) is 7.56. The molecule has 0 aromatic heterocycles. The molecule has 2 nitrogen and oxygen atoms in total. The van der Waals surface area contributed by atoms with Gasteiger partial charge in [-0.3, -0.25) is 0 Å². The van der Waals surface area contributed by atoms with E-state index in [1.807, 2.05) is 13.0 Å². The summed E-state index contributed by atoms with van der Waals surface area (Å²) in [6, 6.07) is 2.00. The van der Waals surface area contributed by atoms with E-state index in [-0.39, 0.29) is 6.42 Å². The van der Waals surface area contributed by atoms with Gasteiger partial charge in [0.15, 0.2) is 0 Å². The van der Waals surface area contributed by atoms with E-state index in [0.717, 1.165) is 0 Å². The van der Waals surface area contributed by atoms with E-state index in [2.05, 4.69) is 0 Å². The minimum atomic E-state index is -0.593. The zero-order chi connectivity index (χ0) is 8.74. The lowest BCUT2D eigenvalue weighted by atomic mass is 10.1. The van der Waals surface area contributed by atoms with Crippen LogP contribution in [0.5, 0.6) is 0 Å². The van der Waals surface area contributed by atoms with Gasteiger partial charge in [0, 0.05) is 0 Å². The summed E-state index contributed by atoms with van der Waals surface area (Å²) >= 11 is 5.88. The van der Waals surface area contributed by atoms with E-state index in [1.165, 1.54) is 6.26 Å². The van der Waals surface area contributed by atoms with Gasteiger partial charge in [-0.2, -0.15) is 5.26 Å². The molecule has 0 heterocycles. The maximum atomic E-state index is 8.35. The second kappa shape index (κ2) is 5.03. The van der Waals surface area contributed by atoms with Gasteiger partial charge in [-0.05, 0) is 19.9 Å². The molecular weight excluding hydrogens is 162 g/mol. The summed E-state index contributed by atoms with van der Waals surface area (Å²) in [4.78, 5) is -0.593. The van der Waals surface area contributed by atoms with Crippen molar-refractivity contribution in [3.63, 3.8) is 0 Å². The van der Waals surface area contributed by atoms with E-state index in [1.54, 1.807) is 13.0 Å². The maximum absolute atomic E-state index is 8.35. The maximum Gasteiger partial charge on any atom is 0.0845 e. The predicted molar refractivity (Wildman–Crippen MR) is 45.3 cm³/mol. The van der Waals surface area contributed by atoms with Crippen LogP contribution in [-0.2, 0) is 4.74 Å². The smallest absolute Gasteiger partial charge is 0.0845 e. The molecular formula is C8H12ClNO. The minimum absolute atomic E-state index is 0.290. The lowest BCUT2D eigenvalue weighted by Gasteiger charge is -2.11. The van der Waals surface area contributed by atoms with Crippen LogP contribution in [0.4, 0.5) is 0 Å². The summed E-state index contributed by atoms with van der Waals surface area (Å²) < 4.78 is 4.94. The van der Waals surface area contributed by atoms with Gasteiger partial charge in [0.05, 0.1) is 30.2 Å². The van der Waals surface area contributed by atoms with Crippen molar-refractivity contribution in [2.45, 2.75) is 25.1 Å². The van der Waals surface area contributed by atoms with Crippen LogP contribution >= 0.6 is 11.6 Å². The molecule has 62 valence electrons. The molecule has 1 atom stereocenters. The number of ether oxygens (including phenoxy) is 1. The third-order valence-corrected chi connectivity index (χ3v) is 1.36. The van der Waals surface area contributed by atoms with Gasteiger partial charge >= 0.3 is 0 Å². The normalized spacial score (nSPS) is 15.8. The molecule has 0 spiro atoms. The average Bonchev–Trinajstić information content (AvgIpc) is 1.87. The van der Waals surface area contributed by atoms with Gasteiger partial charge in [0.1, 0.15) is 0 Å². The average molecular weight is 174 g/mol. The first-order valence-corrected chi connectivity index (χ1v) is 3.85. The summed E-state index contributed by atoms with van der Waals surface area (Å²) in [5.41, 5.74) is 0. The highest BCUT2D eigenvalue weighted by Gasteiger charge is 2.15. The molecule has 0 saturated heterocycles. The van der Waals surface area contributed by atoms with Crippen molar-refractivity contribution in [1.82, 2.24) is 0 Å². The highest BCUT2D eigenvalue weighted by atomic mass is 35.5. The lowest BCUT2D eigenvalue weighted by molar-refractivity contribution is 0.267. The third-order valence-electron chi connectivity index (χ3n) is 1.10. The molecule has 0 amide bonds. The van der Waals surface area contributed by atoms with Crippen LogP contribution in [0.2, 0.25) is 0 Å². The number of nitriles is 1. The molecule has 0 aliphatic rings. The molecule has 0 bridgehead atoms. The highest BCUT2D eigenvalue weighted by molar-refractivity contribution is 6.25. The predicted octanol–water partition coefficient (Wildman–Crippen LogP) is 2.45. The monoisotopic (exact) mass is 173 g/mol.